The second-order valence-electron chi connectivity index (χ2n) is 25.8. The highest BCUT2D eigenvalue weighted by Gasteiger charge is 2.36. The van der Waals surface area contributed by atoms with E-state index in [1.54, 1.807) is 19.2 Å². The molecule has 0 unspecified atom stereocenters. The van der Waals surface area contributed by atoms with Crippen LogP contribution in [-0.4, -0.2) is 171 Å². The van der Waals surface area contributed by atoms with Gasteiger partial charge in [-0.05, 0) is 133 Å². The first-order valence-corrected chi connectivity index (χ1v) is 33.7. The molecule has 0 saturated carbocycles. The number of hydrogen-bond acceptors (Lipinski definition) is 21. The van der Waals surface area contributed by atoms with Gasteiger partial charge in [-0.15, -0.1) is 30.6 Å². The molecule has 0 atom stereocenters. The summed E-state index contributed by atoms with van der Waals surface area (Å²) < 4.78 is 90.5. The summed E-state index contributed by atoms with van der Waals surface area (Å²) in [5.74, 6) is -1.14. The Balaban J connectivity index is 0.000000204. The maximum absolute atomic E-state index is 15.1. The maximum Gasteiger partial charge on any atom is 0.417 e. The summed E-state index contributed by atoms with van der Waals surface area (Å²) in [6, 6.07) is 43.2. The molecule has 8 heterocycles. The van der Waals surface area contributed by atoms with E-state index in [2.05, 4.69) is 83.4 Å². The number of aryl methyl sites for hydroxylation is 2. The Labute approximate surface area is 608 Å². The molecule has 105 heavy (non-hydrogen) atoms. The molecule has 0 bridgehead atoms. The van der Waals surface area contributed by atoms with E-state index in [-0.39, 0.29) is 69.0 Å². The summed E-state index contributed by atoms with van der Waals surface area (Å²) in [5.41, 5.74) is 13.9. The van der Waals surface area contributed by atoms with Crippen molar-refractivity contribution in [3.05, 3.63) is 223 Å². The van der Waals surface area contributed by atoms with Crippen LogP contribution in [0.25, 0.3) is 114 Å². The third-order valence-electron chi connectivity index (χ3n) is 18.3. The first-order valence-electron chi connectivity index (χ1n) is 33.7. The summed E-state index contributed by atoms with van der Waals surface area (Å²) in [5, 5.41) is 24.5. The molecule has 0 aliphatic carbocycles. The number of rotatable bonds is 16. The second-order valence-corrected chi connectivity index (χ2v) is 25.8. The topological polar surface area (TPSA) is 253 Å². The third-order valence-corrected chi connectivity index (χ3v) is 18.3. The van der Waals surface area contributed by atoms with Crippen LogP contribution in [0.4, 0.5) is 27.8 Å². The number of likely N-dealkylation sites (tertiary alicyclic amines) is 2. The van der Waals surface area contributed by atoms with Crippen LogP contribution in [0.15, 0.2) is 191 Å². The van der Waals surface area contributed by atoms with Gasteiger partial charge in [0.25, 0.3) is 23.6 Å². The van der Waals surface area contributed by atoms with Crippen molar-refractivity contribution in [3.8, 4) is 103 Å². The number of aromatic nitrogens is 12. The summed E-state index contributed by atoms with van der Waals surface area (Å²) in [7, 11) is 12.0. The zero-order valence-electron chi connectivity index (χ0n) is 59.0. The molecule has 2 aliphatic rings. The predicted octanol–water partition coefficient (Wildman–Crippen LogP) is 15.8. The van der Waals surface area contributed by atoms with Crippen LogP contribution in [0.2, 0.25) is 0 Å². The summed E-state index contributed by atoms with van der Waals surface area (Å²) in [6.07, 6.45) is 3.11. The monoisotopic (exact) mass is 1430 g/mol. The smallest absolute Gasteiger partial charge is 0.415 e. The summed E-state index contributed by atoms with van der Waals surface area (Å²) in [4.78, 5) is 49.2. The number of piperidine rings is 2. The van der Waals surface area contributed by atoms with Crippen molar-refractivity contribution in [2.45, 2.75) is 57.8 Å². The van der Waals surface area contributed by atoms with Crippen LogP contribution in [0.3, 0.4) is 0 Å². The highest BCUT2D eigenvalue weighted by Crippen LogP contribution is 2.40. The number of carbonyl (C=O) groups is 1. The molecule has 22 nitrogen and oxygen atoms in total. The van der Waals surface area contributed by atoms with Crippen molar-refractivity contribution in [2.75, 3.05) is 74.2 Å². The van der Waals surface area contributed by atoms with Crippen molar-refractivity contribution in [1.29, 1.82) is 0 Å². The molecule has 2 aliphatic heterocycles. The number of alkyl halides is 3. The fourth-order valence-electron chi connectivity index (χ4n) is 12.1. The Morgan fingerprint density at radius 2 is 0.895 bits per heavy atom. The van der Waals surface area contributed by atoms with Crippen LogP contribution in [0, 0.1) is 25.5 Å². The molecule has 0 radical (unpaired) electrons. The zero-order valence-corrected chi connectivity index (χ0v) is 59.0. The lowest BCUT2D eigenvalue weighted by molar-refractivity contribution is -0.137. The lowest BCUT2D eigenvalue weighted by Gasteiger charge is -2.37. The van der Waals surface area contributed by atoms with Crippen LogP contribution >= 0.6 is 0 Å². The number of nitrogens with zero attached hydrogens (tertiary/aromatic N) is 17. The quantitative estimate of drug-likeness (QED) is 0.0882. The van der Waals surface area contributed by atoms with E-state index in [9.17, 15) is 18.0 Å². The molecular formula is C78H83F5N18O4. The van der Waals surface area contributed by atoms with Crippen LogP contribution in [0.1, 0.15) is 69.8 Å². The van der Waals surface area contributed by atoms with Crippen molar-refractivity contribution in [3.63, 3.8) is 0 Å². The molecule has 2 N–H and O–H groups in total. The Morgan fingerprint density at radius 3 is 1.35 bits per heavy atom. The number of benzene rings is 6. The Bertz CT molecular complexity index is 5060. The van der Waals surface area contributed by atoms with E-state index in [0.29, 0.717) is 65.2 Å². The van der Waals surface area contributed by atoms with E-state index in [1.165, 1.54) is 23.4 Å². The molecule has 1 amide bonds. The molecule has 6 aromatic carbocycles. The van der Waals surface area contributed by atoms with Crippen molar-refractivity contribution < 1.29 is 45.7 Å². The van der Waals surface area contributed by atoms with Gasteiger partial charge < -0.3 is 43.5 Å². The van der Waals surface area contributed by atoms with Gasteiger partial charge in [0.2, 0.25) is 17.7 Å². The van der Waals surface area contributed by atoms with Crippen molar-refractivity contribution in [2.24, 2.45) is 0 Å². The largest absolute Gasteiger partial charge is 0.417 e. The average molecular weight is 1430 g/mol. The van der Waals surface area contributed by atoms with E-state index in [4.69, 9.17) is 24.0 Å². The standard InChI is InChI=1S/C29H29F3N6O.C26H25F2N7O2.C23H21N5O.4H2/c1-18-26(28-36-35-27(39-28)20-8-6-5-7-9-20)34-25(17-33-18)23-11-10-21(16-24(23)29(30,31)32)19(2)38-14-12-22(13-15-38)37(3)4;1-34(2)17-8-10-35(11-9-17)26(36)21-18(27)12-16(13-19(21)28)20-14-30-23(29)22(31-20)25-33-32-24(37-25)15-6-4-3-5-7-15;1-15-21(23-27-26-22(29-23)19-8-6-5-7-9-19)25-20(14-24-15)18-12-10-17(11-13-18)16(2)28(3)4;;;;/h5-11,16-17,22H,2,12-15H2,1,3-4H3;3-7,12-14,17H,8-11H2,1-2H3,(H2,29,30);5-14H,2H2,1,3-4H3;4*1H. The number of hydrogen-bond donors (Lipinski definition) is 1. The van der Waals surface area contributed by atoms with E-state index in [0.717, 1.165) is 96.3 Å². The maximum atomic E-state index is 15.1. The van der Waals surface area contributed by atoms with Gasteiger partial charge in [0.1, 0.15) is 28.6 Å². The van der Waals surface area contributed by atoms with Gasteiger partial charge in [-0.2, -0.15) is 13.2 Å². The van der Waals surface area contributed by atoms with Gasteiger partial charge in [0.05, 0.1) is 52.6 Å². The van der Waals surface area contributed by atoms with Gasteiger partial charge in [-0.3, -0.25) is 14.8 Å². The molecular weight excluding hydrogens is 1350 g/mol. The molecule has 544 valence electrons. The Kier molecular flexibility index (Phi) is 21.9. The van der Waals surface area contributed by atoms with E-state index in [1.807, 2.05) is 169 Å². The molecule has 6 aromatic heterocycles. The molecule has 27 heteroatoms. The number of carbonyl (C=O) groups excluding carboxylic acids is 1. The average Bonchev–Trinajstić information content (AvgIpc) is 1.02. The summed E-state index contributed by atoms with van der Waals surface area (Å²) in [6.45, 7) is 14.1. The SMILES string of the molecule is C=C(c1ccc(-c2cnc(C)c(-c3nnc(-c4ccccc4)o3)n2)c(C(F)(F)F)c1)N1CCC(N(C)C)CC1.C=C(c1ccc(-c2cnc(C)c(-c3nnc(-c4ccccc4)o3)n2)cc1)N(C)C.CN(C)C1CCN(C(=O)c2c(F)cc(-c3cnc(N)c(-c4nnc(-c5ccccc5)o4)n3)cc2F)CC1.[HH].[HH].[HH].[HH]. The van der Waals surface area contributed by atoms with Gasteiger partial charge in [-0.25, -0.2) is 28.7 Å². The van der Waals surface area contributed by atoms with Gasteiger partial charge in [0, 0.05) is 103 Å². The molecule has 14 rings (SSSR count). The number of nitrogens with two attached hydrogens (primary N) is 1. The first-order chi connectivity index (χ1) is 50.5. The van der Waals surface area contributed by atoms with Crippen LogP contribution in [-0.2, 0) is 6.18 Å². The highest BCUT2D eigenvalue weighted by molar-refractivity contribution is 5.95. The molecule has 2 saturated heterocycles. The second kappa shape index (κ2) is 31.6. The fourth-order valence-corrected chi connectivity index (χ4v) is 12.1. The highest BCUT2D eigenvalue weighted by atomic mass is 19.4. The van der Waals surface area contributed by atoms with E-state index < -0.39 is 34.8 Å². The normalized spacial score (nSPS) is 13.5. The number of amides is 1. The predicted molar refractivity (Wildman–Crippen MR) is 398 cm³/mol. The van der Waals surface area contributed by atoms with Crippen LogP contribution in [0.5, 0.6) is 0 Å². The molecule has 2 fully saturated rings. The lowest BCUT2D eigenvalue weighted by atomic mass is 9.97. The minimum Gasteiger partial charge on any atom is -0.415 e. The minimum atomic E-state index is -4.61. The van der Waals surface area contributed by atoms with Gasteiger partial charge in [-0.1, -0.05) is 104 Å². The lowest BCUT2D eigenvalue weighted by Crippen LogP contribution is -2.44. The molecule has 0 spiro atoms. The molecule has 12 aromatic rings. The number of anilines is 1. The minimum absolute atomic E-state index is 0. The van der Waals surface area contributed by atoms with Crippen molar-refractivity contribution in [1.82, 2.24) is 85.0 Å². The zero-order chi connectivity index (χ0) is 74.2. The third kappa shape index (κ3) is 16.7. The van der Waals surface area contributed by atoms with Gasteiger partial charge >= 0.3 is 6.18 Å². The van der Waals surface area contributed by atoms with E-state index >= 15 is 8.78 Å². The fraction of sp³-hybridized carbons (Fsp3) is 0.244. The van der Waals surface area contributed by atoms with Crippen molar-refractivity contribution >= 4 is 23.1 Å². The Morgan fingerprint density at radius 1 is 0.495 bits per heavy atom. The number of halogens is 5. The van der Waals surface area contributed by atoms with Gasteiger partial charge in [0.15, 0.2) is 11.5 Å². The number of nitrogen functional groups attached to an aromatic ring is 1. The Hall–Kier alpha value is -12.1. The summed E-state index contributed by atoms with van der Waals surface area (Å²) >= 11 is 0. The first kappa shape index (κ1) is 72.7. The van der Waals surface area contributed by atoms with Crippen LogP contribution < -0.4 is 5.73 Å².